The number of rotatable bonds is 3. The molecule has 0 spiro atoms. The van der Waals surface area contributed by atoms with E-state index in [-0.39, 0.29) is 5.38 Å². The van der Waals surface area contributed by atoms with E-state index >= 15 is 0 Å². The molecular weight excluding hydrogens is 194 g/mol. The predicted octanol–water partition coefficient (Wildman–Crippen LogP) is 3.28. The highest BCUT2D eigenvalue weighted by Gasteiger charge is 2.49. The molecule has 14 heavy (non-hydrogen) atoms. The molecule has 0 N–H and O–H groups in total. The van der Waals surface area contributed by atoms with Crippen LogP contribution in [0.3, 0.4) is 0 Å². The number of nitrogens with zero attached hydrogens (tertiary/aromatic N) is 1. The summed E-state index contributed by atoms with van der Waals surface area (Å²) in [5, 5.41) is 0.285. The standard InChI is InChI=1S/C12H16ClN/c1-12(2)8-10(12)11(13)7-9-3-5-14-6-4-9/h3-6,10-11H,7-8H2,1-2H3. The van der Waals surface area contributed by atoms with Crippen molar-refractivity contribution in [1.82, 2.24) is 4.98 Å². The Morgan fingerprint density at radius 2 is 2.07 bits per heavy atom. The third-order valence-corrected chi connectivity index (χ3v) is 3.66. The molecule has 2 unspecified atom stereocenters. The van der Waals surface area contributed by atoms with Gasteiger partial charge in [-0.2, -0.15) is 0 Å². The second-order valence-corrected chi connectivity index (χ2v) is 5.44. The first-order chi connectivity index (χ1) is 6.59. The summed E-state index contributed by atoms with van der Waals surface area (Å²) < 4.78 is 0. The molecule has 0 aliphatic heterocycles. The maximum Gasteiger partial charge on any atom is 0.0409 e. The van der Waals surface area contributed by atoms with Crippen LogP contribution in [0.15, 0.2) is 24.5 Å². The zero-order valence-corrected chi connectivity index (χ0v) is 9.46. The molecule has 0 saturated heterocycles. The number of pyridine rings is 1. The van der Waals surface area contributed by atoms with Crippen molar-refractivity contribution in [3.8, 4) is 0 Å². The molecule has 1 aromatic rings. The minimum atomic E-state index is 0.285. The Balaban J connectivity index is 1.93. The smallest absolute Gasteiger partial charge is 0.0409 e. The van der Waals surface area contributed by atoms with E-state index in [2.05, 4.69) is 18.8 Å². The minimum absolute atomic E-state index is 0.285. The van der Waals surface area contributed by atoms with E-state index < -0.39 is 0 Å². The molecule has 1 aliphatic carbocycles. The van der Waals surface area contributed by atoms with E-state index in [0.717, 1.165) is 6.42 Å². The normalized spacial score (nSPS) is 25.8. The molecule has 76 valence electrons. The molecule has 1 aromatic heterocycles. The molecule has 0 amide bonds. The average molecular weight is 210 g/mol. The van der Waals surface area contributed by atoms with E-state index in [1.807, 2.05) is 24.5 Å². The van der Waals surface area contributed by atoms with Gasteiger partial charge in [-0.05, 0) is 41.9 Å². The van der Waals surface area contributed by atoms with Gasteiger partial charge in [-0.3, -0.25) is 4.98 Å². The Kier molecular flexibility index (Phi) is 2.52. The summed E-state index contributed by atoms with van der Waals surface area (Å²) in [5.74, 6) is 0.692. The van der Waals surface area contributed by atoms with Gasteiger partial charge in [0.25, 0.3) is 0 Å². The van der Waals surface area contributed by atoms with Gasteiger partial charge in [0.1, 0.15) is 0 Å². The van der Waals surface area contributed by atoms with Crippen molar-refractivity contribution in [2.24, 2.45) is 11.3 Å². The van der Waals surface area contributed by atoms with Crippen LogP contribution in [-0.2, 0) is 6.42 Å². The van der Waals surface area contributed by atoms with Gasteiger partial charge in [-0.15, -0.1) is 11.6 Å². The maximum atomic E-state index is 6.38. The maximum absolute atomic E-state index is 6.38. The summed E-state index contributed by atoms with van der Waals surface area (Å²) in [6.45, 7) is 4.58. The van der Waals surface area contributed by atoms with Gasteiger partial charge < -0.3 is 0 Å². The first-order valence-electron chi connectivity index (χ1n) is 5.12. The molecule has 0 bridgehead atoms. The number of hydrogen-bond donors (Lipinski definition) is 0. The first kappa shape index (κ1) is 9.97. The summed E-state index contributed by atoms with van der Waals surface area (Å²) in [7, 11) is 0. The molecule has 1 fully saturated rings. The highest BCUT2D eigenvalue weighted by Crippen LogP contribution is 2.55. The van der Waals surface area contributed by atoms with Crippen molar-refractivity contribution in [3.63, 3.8) is 0 Å². The quantitative estimate of drug-likeness (QED) is 0.697. The monoisotopic (exact) mass is 209 g/mol. The summed E-state index contributed by atoms with van der Waals surface area (Å²) in [5.41, 5.74) is 1.77. The van der Waals surface area contributed by atoms with Gasteiger partial charge in [-0.1, -0.05) is 13.8 Å². The third kappa shape index (κ3) is 2.09. The Morgan fingerprint density at radius 1 is 1.50 bits per heavy atom. The first-order valence-corrected chi connectivity index (χ1v) is 5.56. The van der Waals surface area contributed by atoms with Gasteiger partial charge in [-0.25, -0.2) is 0 Å². The van der Waals surface area contributed by atoms with Crippen molar-refractivity contribution >= 4 is 11.6 Å². The van der Waals surface area contributed by atoms with Crippen LogP contribution in [-0.4, -0.2) is 10.4 Å². The van der Waals surface area contributed by atoms with Crippen LogP contribution in [0.4, 0.5) is 0 Å². The second-order valence-electron chi connectivity index (χ2n) is 4.87. The number of alkyl halides is 1. The predicted molar refractivity (Wildman–Crippen MR) is 59.5 cm³/mol. The molecule has 2 heteroatoms. The summed E-state index contributed by atoms with van der Waals surface area (Å²) >= 11 is 6.38. The van der Waals surface area contributed by atoms with Crippen LogP contribution < -0.4 is 0 Å². The van der Waals surface area contributed by atoms with Gasteiger partial charge in [0, 0.05) is 17.8 Å². The summed E-state index contributed by atoms with van der Waals surface area (Å²) in [4.78, 5) is 4.00. The lowest BCUT2D eigenvalue weighted by Gasteiger charge is -2.10. The molecular formula is C12H16ClN. The van der Waals surface area contributed by atoms with Crippen LogP contribution in [0.25, 0.3) is 0 Å². The molecule has 2 rings (SSSR count). The van der Waals surface area contributed by atoms with Crippen molar-refractivity contribution < 1.29 is 0 Å². The Hall–Kier alpha value is -0.560. The zero-order valence-electron chi connectivity index (χ0n) is 8.70. The van der Waals surface area contributed by atoms with Crippen LogP contribution >= 0.6 is 11.6 Å². The lowest BCUT2D eigenvalue weighted by Crippen LogP contribution is -2.09. The fourth-order valence-electron chi connectivity index (χ4n) is 2.01. The number of aromatic nitrogens is 1. The fraction of sp³-hybridized carbons (Fsp3) is 0.583. The Bertz CT molecular complexity index is 307. The molecule has 2 atom stereocenters. The highest BCUT2D eigenvalue weighted by molar-refractivity contribution is 6.21. The van der Waals surface area contributed by atoms with E-state index in [9.17, 15) is 0 Å². The molecule has 0 aromatic carbocycles. The molecule has 1 heterocycles. The van der Waals surface area contributed by atoms with E-state index in [0.29, 0.717) is 11.3 Å². The third-order valence-electron chi connectivity index (χ3n) is 3.21. The Labute approximate surface area is 90.5 Å². The van der Waals surface area contributed by atoms with Gasteiger partial charge >= 0.3 is 0 Å². The lowest BCUT2D eigenvalue weighted by atomic mass is 10.0. The zero-order chi connectivity index (χ0) is 10.2. The molecule has 1 aliphatic rings. The van der Waals surface area contributed by atoms with Crippen molar-refractivity contribution in [2.75, 3.05) is 0 Å². The average Bonchev–Trinajstić information content (AvgIpc) is 2.77. The summed E-state index contributed by atoms with van der Waals surface area (Å²) in [6, 6.07) is 4.09. The van der Waals surface area contributed by atoms with Crippen LogP contribution in [0, 0.1) is 11.3 Å². The van der Waals surface area contributed by atoms with Gasteiger partial charge in [0.15, 0.2) is 0 Å². The lowest BCUT2D eigenvalue weighted by molar-refractivity contribution is 0.538. The van der Waals surface area contributed by atoms with Crippen LogP contribution in [0.1, 0.15) is 25.8 Å². The number of halogens is 1. The van der Waals surface area contributed by atoms with E-state index in [1.165, 1.54) is 12.0 Å². The number of hydrogen-bond acceptors (Lipinski definition) is 1. The molecule has 0 radical (unpaired) electrons. The van der Waals surface area contributed by atoms with Crippen molar-refractivity contribution in [2.45, 2.75) is 32.1 Å². The van der Waals surface area contributed by atoms with E-state index in [4.69, 9.17) is 11.6 Å². The van der Waals surface area contributed by atoms with Gasteiger partial charge in [0.2, 0.25) is 0 Å². The van der Waals surface area contributed by atoms with Crippen molar-refractivity contribution in [3.05, 3.63) is 30.1 Å². The second kappa shape index (κ2) is 3.54. The van der Waals surface area contributed by atoms with Crippen LogP contribution in [0.5, 0.6) is 0 Å². The van der Waals surface area contributed by atoms with Crippen molar-refractivity contribution in [1.29, 1.82) is 0 Å². The van der Waals surface area contributed by atoms with Crippen LogP contribution in [0.2, 0.25) is 0 Å². The topological polar surface area (TPSA) is 12.9 Å². The highest BCUT2D eigenvalue weighted by atomic mass is 35.5. The molecule has 1 saturated carbocycles. The summed E-state index contributed by atoms with van der Waals surface area (Å²) in [6.07, 6.45) is 5.90. The largest absolute Gasteiger partial charge is 0.265 e. The molecule has 1 nitrogen and oxygen atoms in total. The van der Waals surface area contributed by atoms with E-state index in [1.54, 1.807) is 0 Å². The Morgan fingerprint density at radius 3 is 2.57 bits per heavy atom. The minimum Gasteiger partial charge on any atom is -0.265 e. The SMILES string of the molecule is CC1(C)CC1C(Cl)Cc1ccncc1. The fourth-order valence-corrected chi connectivity index (χ4v) is 2.62. The van der Waals surface area contributed by atoms with Gasteiger partial charge in [0.05, 0.1) is 0 Å².